The molecule has 0 atom stereocenters. The van der Waals surface area contributed by atoms with Crippen LogP contribution in [0, 0.1) is 0 Å². The van der Waals surface area contributed by atoms with Gasteiger partial charge in [0.05, 0.1) is 5.69 Å². The van der Waals surface area contributed by atoms with E-state index in [9.17, 15) is 4.79 Å². The summed E-state index contributed by atoms with van der Waals surface area (Å²) in [5, 5.41) is 5.67. The first-order valence-corrected chi connectivity index (χ1v) is 8.61. The Hall–Kier alpha value is -1.46. The average Bonchev–Trinajstić information content (AvgIpc) is 2.50. The molecule has 2 rings (SSSR count). The zero-order chi connectivity index (χ0) is 14.9. The van der Waals surface area contributed by atoms with Crippen molar-refractivity contribution in [2.24, 2.45) is 0 Å². The van der Waals surface area contributed by atoms with E-state index in [2.05, 4.69) is 38.7 Å². The third-order valence-corrected chi connectivity index (χ3v) is 4.49. The largest absolute Gasteiger partial charge is 0.337 e. The van der Waals surface area contributed by atoms with Crippen LogP contribution >= 0.6 is 27.7 Å². The molecule has 0 heterocycles. The fourth-order valence-corrected chi connectivity index (χ4v) is 2.93. The summed E-state index contributed by atoms with van der Waals surface area (Å²) in [6, 6.07) is 17.7. The summed E-state index contributed by atoms with van der Waals surface area (Å²) >= 11 is 5.20. The molecule has 2 amide bonds. The van der Waals surface area contributed by atoms with Crippen molar-refractivity contribution < 1.29 is 4.79 Å². The minimum atomic E-state index is -0.179. The van der Waals surface area contributed by atoms with Gasteiger partial charge in [-0.1, -0.05) is 42.5 Å². The molecule has 21 heavy (non-hydrogen) atoms. The fourth-order valence-electron chi connectivity index (χ4n) is 1.73. The van der Waals surface area contributed by atoms with E-state index < -0.39 is 0 Å². The smallest absolute Gasteiger partial charge is 0.319 e. The molecule has 0 saturated carbocycles. The van der Waals surface area contributed by atoms with Gasteiger partial charge in [-0.15, -0.1) is 0 Å². The van der Waals surface area contributed by atoms with Crippen LogP contribution in [0.2, 0.25) is 0 Å². The molecule has 0 unspecified atom stereocenters. The molecule has 0 aliphatic carbocycles. The van der Waals surface area contributed by atoms with E-state index in [1.54, 1.807) is 11.8 Å². The van der Waals surface area contributed by atoms with E-state index in [1.165, 1.54) is 5.56 Å². The summed E-state index contributed by atoms with van der Waals surface area (Å²) in [5.41, 5.74) is 2.08. The highest BCUT2D eigenvalue weighted by Gasteiger charge is 2.03. The third kappa shape index (κ3) is 5.81. The molecular weight excluding hydrogens is 348 g/mol. The van der Waals surface area contributed by atoms with Crippen LogP contribution in [0.5, 0.6) is 0 Å². The highest BCUT2D eigenvalue weighted by molar-refractivity contribution is 9.10. The van der Waals surface area contributed by atoms with E-state index in [-0.39, 0.29) is 6.03 Å². The first kappa shape index (κ1) is 15.9. The molecule has 5 heteroatoms. The normalized spacial score (nSPS) is 10.1. The maximum atomic E-state index is 11.7. The first-order chi connectivity index (χ1) is 10.3. The van der Waals surface area contributed by atoms with Crippen LogP contribution in [0.25, 0.3) is 0 Å². The van der Waals surface area contributed by atoms with Crippen molar-refractivity contribution in [3.63, 3.8) is 0 Å². The summed E-state index contributed by atoms with van der Waals surface area (Å²) in [4.78, 5) is 11.7. The topological polar surface area (TPSA) is 41.1 Å². The molecule has 0 bridgehead atoms. The predicted molar refractivity (Wildman–Crippen MR) is 93.8 cm³/mol. The van der Waals surface area contributed by atoms with Crippen molar-refractivity contribution in [2.75, 3.05) is 17.6 Å². The summed E-state index contributed by atoms with van der Waals surface area (Å²) in [5.74, 6) is 1.85. The van der Waals surface area contributed by atoms with Gasteiger partial charge in [-0.2, -0.15) is 11.8 Å². The summed E-state index contributed by atoms with van der Waals surface area (Å²) < 4.78 is 0.874. The second-order valence-electron chi connectivity index (χ2n) is 4.40. The average molecular weight is 365 g/mol. The van der Waals surface area contributed by atoms with Crippen molar-refractivity contribution in [1.82, 2.24) is 5.32 Å². The quantitative estimate of drug-likeness (QED) is 0.740. The molecule has 0 spiro atoms. The second-order valence-corrected chi connectivity index (χ2v) is 6.36. The molecule has 0 aliphatic heterocycles. The summed E-state index contributed by atoms with van der Waals surface area (Å²) in [6.07, 6.45) is 0. The van der Waals surface area contributed by atoms with Gasteiger partial charge in [0.25, 0.3) is 0 Å². The highest BCUT2D eigenvalue weighted by atomic mass is 79.9. The van der Waals surface area contributed by atoms with Crippen LogP contribution < -0.4 is 10.6 Å². The lowest BCUT2D eigenvalue weighted by Gasteiger charge is -2.08. The van der Waals surface area contributed by atoms with Crippen molar-refractivity contribution in [2.45, 2.75) is 5.75 Å². The number of carbonyl (C=O) groups excluding carboxylic acids is 1. The molecule has 2 aromatic carbocycles. The fraction of sp³-hybridized carbons (Fsp3) is 0.188. The lowest BCUT2D eigenvalue weighted by atomic mass is 10.2. The third-order valence-electron chi connectivity index (χ3n) is 2.77. The molecule has 0 aliphatic rings. The Balaban J connectivity index is 1.63. The minimum Gasteiger partial charge on any atom is -0.337 e. The molecule has 2 N–H and O–H groups in total. The number of carbonyl (C=O) groups is 1. The Morgan fingerprint density at radius 3 is 2.52 bits per heavy atom. The van der Waals surface area contributed by atoms with Crippen LogP contribution in [0.3, 0.4) is 0 Å². The first-order valence-electron chi connectivity index (χ1n) is 6.67. The summed E-state index contributed by atoms with van der Waals surface area (Å²) in [7, 11) is 0. The Morgan fingerprint density at radius 1 is 1.05 bits per heavy atom. The lowest BCUT2D eigenvalue weighted by molar-refractivity contribution is 0.252. The van der Waals surface area contributed by atoms with Crippen LogP contribution in [-0.4, -0.2) is 18.3 Å². The van der Waals surface area contributed by atoms with Crippen molar-refractivity contribution >= 4 is 39.4 Å². The summed E-state index contributed by atoms with van der Waals surface area (Å²) in [6.45, 7) is 0.647. The number of rotatable bonds is 6. The van der Waals surface area contributed by atoms with Gasteiger partial charge in [-0.05, 0) is 33.6 Å². The van der Waals surface area contributed by atoms with Gasteiger partial charge in [-0.25, -0.2) is 4.79 Å². The van der Waals surface area contributed by atoms with E-state index in [4.69, 9.17) is 0 Å². The van der Waals surface area contributed by atoms with Crippen LogP contribution in [0.4, 0.5) is 10.5 Å². The molecule has 2 aromatic rings. The Morgan fingerprint density at radius 2 is 1.76 bits per heavy atom. The maximum absolute atomic E-state index is 11.7. The number of benzene rings is 2. The zero-order valence-electron chi connectivity index (χ0n) is 11.5. The van der Waals surface area contributed by atoms with Gasteiger partial charge in [-0.3, -0.25) is 0 Å². The van der Waals surface area contributed by atoms with Crippen molar-refractivity contribution in [3.8, 4) is 0 Å². The van der Waals surface area contributed by atoms with Gasteiger partial charge in [0.15, 0.2) is 0 Å². The standard InChI is InChI=1S/C16H17BrN2OS/c17-14-8-4-5-9-15(14)19-16(20)18-10-11-21-12-13-6-2-1-3-7-13/h1-9H,10-12H2,(H2,18,19,20). The predicted octanol–water partition coefficient (Wildman–Crippen LogP) is 4.50. The Kier molecular flexibility index (Phi) is 6.63. The van der Waals surface area contributed by atoms with Gasteiger partial charge in [0, 0.05) is 22.5 Å². The number of anilines is 1. The number of nitrogens with one attached hydrogen (secondary N) is 2. The molecule has 0 saturated heterocycles. The van der Waals surface area contributed by atoms with Crippen LogP contribution in [0.1, 0.15) is 5.56 Å². The van der Waals surface area contributed by atoms with Crippen LogP contribution in [0.15, 0.2) is 59.1 Å². The SMILES string of the molecule is O=C(NCCSCc1ccccc1)Nc1ccccc1Br. The van der Waals surface area contributed by atoms with Gasteiger partial charge < -0.3 is 10.6 Å². The van der Waals surface area contributed by atoms with Crippen molar-refractivity contribution in [1.29, 1.82) is 0 Å². The van der Waals surface area contributed by atoms with Gasteiger partial charge >= 0.3 is 6.03 Å². The van der Waals surface area contributed by atoms with E-state index >= 15 is 0 Å². The van der Waals surface area contributed by atoms with Crippen LogP contribution in [-0.2, 0) is 5.75 Å². The number of para-hydroxylation sites is 1. The number of urea groups is 1. The minimum absolute atomic E-state index is 0.179. The van der Waals surface area contributed by atoms with E-state index in [0.717, 1.165) is 21.7 Å². The number of thioether (sulfide) groups is 1. The van der Waals surface area contributed by atoms with E-state index in [0.29, 0.717) is 6.54 Å². The second kappa shape index (κ2) is 8.74. The monoisotopic (exact) mass is 364 g/mol. The molecular formula is C16H17BrN2OS. The Labute approximate surface area is 137 Å². The molecule has 110 valence electrons. The molecule has 0 aromatic heterocycles. The number of halogens is 1. The lowest BCUT2D eigenvalue weighted by Crippen LogP contribution is -2.30. The molecule has 3 nitrogen and oxygen atoms in total. The van der Waals surface area contributed by atoms with Crippen molar-refractivity contribution in [3.05, 3.63) is 64.6 Å². The molecule has 0 fully saturated rings. The van der Waals surface area contributed by atoms with Gasteiger partial charge in [0.1, 0.15) is 0 Å². The number of hydrogen-bond acceptors (Lipinski definition) is 2. The Bertz CT molecular complexity index is 577. The number of hydrogen-bond donors (Lipinski definition) is 2. The maximum Gasteiger partial charge on any atom is 0.319 e. The van der Waals surface area contributed by atoms with Gasteiger partial charge in [0.2, 0.25) is 0 Å². The zero-order valence-corrected chi connectivity index (χ0v) is 13.9. The highest BCUT2D eigenvalue weighted by Crippen LogP contribution is 2.20. The van der Waals surface area contributed by atoms with E-state index in [1.807, 2.05) is 42.5 Å². The number of amides is 2. The molecule has 0 radical (unpaired) electrons.